The Kier molecular flexibility index (Phi) is 4.64. The monoisotopic (exact) mass is 383 g/mol. The fourth-order valence-electron chi connectivity index (χ4n) is 3.62. The first-order chi connectivity index (χ1) is 13.5. The minimum Gasteiger partial charge on any atom is -0.337 e. The number of rotatable bonds is 3. The number of aromatic amines is 3. The summed E-state index contributed by atoms with van der Waals surface area (Å²) in [6.07, 6.45) is 3.31. The van der Waals surface area contributed by atoms with E-state index in [0.29, 0.717) is 13.1 Å². The Morgan fingerprint density at radius 2 is 1.96 bits per heavy atom. The Labute approximate surface area is 158 Å². The van der Waals surface area contributed by atoms with E-state index >= 15 is 0 Å². The van der Waals surface area contributed by atoms with E-state index in [2.05, 4.69) is 20.2 Å². The Balaban J connectivity index is 1.59. The van der Waals surface area contributed by atoms with Crippen molar-refractivity contribution in [3.63, 3.8) is 0 Å². The summed E-state index contributed by atoms with van der Waals surface area (Å²) in [6, 6.07) is 7.26. The molecule has 3 heterocycles. The number of carbonyl (C=O) groups is 1. The van der Waals surface area contributed by atoms with Gasteiger partial charge in [-0.1, -0.05) is 12.1 Å². The molecule has 2 aromatic heterocycles. The number of aromatic nitrogens is 4. The summed E-state index contributed by atoms with van der Waals surface area (Å²) in [5.41, 5.74) is 1.22. The summed E-state index contributed by atoms with van der Waals surface area (Å²) >= 11 is 0. The van der Waals surface area contributed by atoms with Crippen LogP contribution in [0.15, 0.2) is 46.1 Å². The number of benzene rings is 1. The zero-order valence-corrected chi connectivity index (χ0v) is 14.9. The molecule has 3 N–H and O–H groups in total. The molecule has 1 fully saturated rings. The highest BCUT2D eigenvalue weighted by molar-refractivity contribution is 5.92. The van der Waals surface area contributed by atoms with Crippen LogP contribution in [-0.4, -0.2) is 44.1 Å². The maximum Gasteiger partial charge on any atom is 0.326 e. The molecule has 0 spiro atoms. The van der Waals surface area contributed by atoms with Gasteiger partial charge < -0.3 is 9.88 Å². The van der Waals surface area contributed by atoms with E-state index in [-0.39, 0.29) is 17.4 Å². The maximum absolute atomic E-state index is 13.2. The van der Waals surface area contributed by atoms with Crippen molar-refractivity contribution in [3.8, 4) is 11.1 Å². The minimum atomic E-state index is -0.712. The lowest BCUT2D eigenvalue weighted by Gasteiger charge is -2.32. The van der Waals surface area contributed by atoms with Crippen LogP contribution >= 0.6 is 0 Å². The molecule has 1 atom stereocenters. The molecule has 0 bridgehead atoms. The third-order valence-electron chi connectivity index (χ3n) is 4.93. The second-order valence-electron chi connectivity index (χ2n) is 6.80. The minimum absolute atomic E-state index is 0.00831. The van der Waals surface area contributed by atoms with Gasteiger partial charge in [0.05, 0.1) is 6.20 Å². The first-order valence-corrected chi connectivity index (χ1v) is 8.93. The number of carbonyl (C=O) groups excluding carboxylic acids is 1. The fraction of sp³-hybridized carbons (Fsp3) is 0.263. The highest BCUT2D eigenvalue weighted by atomic mass is 19.1. The summed E-state index contributed by atoms with van der Waals surface area (Å²) in [6.45, 7) is 0.953. The lowest BCUT2D eigenvalue weighted by Crippen LogP contribution is -2.41. The SMILES string of the molecule is O=C(c1cc(=O)[nH]c(=O)[nH]1)N1CCCC(c2[nH]ncc2-c2ccc(F)cc2)C1. The van der Waals surface area contributed by atoms with Crippen molar-refractivity contribution < 1.29 is 9.18 Å². The van der Waals surface area contributed by atoms with Gasteiger partial charge in [-0.05, 0) is 30.5 Å². The summed E-state index contributed by atoms with van der Waals surface area (Å²) in [5, 5.41) is 7.14. The number of piperidine rings is 1. The Bertz CT molecular complexity index is 1090. The number of amides is 1. The first-order valence-electron chi connectivity index (χ1n) is 8.93. The predicted octanol–water partition coefficient (Wildman–Crippen LogP) is 1.61. The highest BCUT2D eigenvalue weighted by Gasteiger charge is 2.28. The van der Waals surface area contributed by atoms with Gasteiger partial charge in [0.25, 0.3) is 11.5 Å². The van der Waals surface area contributed by atoms with E-state index in [1.807, 2.05) is 0 Å². The molecule has 28 heavy (non-hydrogen) atoms. The summed E-state index contributed by atoms with van der Waals surface area (Å²) in [5.74, 6) is -0.695. The van der Waals surface area contributed by atoms with Crippen molar-refractivity contribution in [2.75, 3.05) is 13.1 Å². The zero-order valence-electron chi connectivity index (χ0n) is 14.9. The quantitative estimate of drug-likeness (QED) is 0.637. The predicted molar refractivity (Wildman–Crippen MR) is 99.5 cm³/mol. The molecular formula is C19H18FN5O3. The molecule has 1 aliphatic heterocycles. The highest BCUT2D eigenvalue weighted by Crippen LogP contribution is 2.33. The number of H-pyrrole nitrogens is 3. The first kappa shape index (κ1) is 17.9. The summed E-state index contributed by atoms with van der Waals surface area (Å²) in [7, 11) is 0. The molecule has 0 saturated carbocycles. The number of hydrogen-bond acceptors (Lipinski definition) is 4. The largest absolute Gasteiger partial charge is 0.337 e. The van der Waals surface area contributed by atoms with Gasteiger partial charge in [-0.3, -0.25) is 19.7 Å². The van der Waals surface area contributed by atoms with Crippen LogP contribution in [0.4, 0.5) is 4.39 Å². The van der Waals surface area contributed by atoms with Gasteiger partial charge in [-0.15, -0.1) is 0 Å². The molecule has 1 amide bonds. The average molecular weight is 383 g/mol. The molecule has 1 aromatic carbocycles. The van der Waals surface area contributed by atoms with Crippen LogP contribution in [0.5, 0.6) is 0 Å². The smallest absolute Gasteiger partial charge is 0.326 e. The van der Waals surface area contributed by atoms with Crippen LogP contribution in [0.25, 0.3) is 11.1 Å². The molecule has 3 aromatic rings. The Morgan fingerprint density at radius 3 is 2.71 bits per heavy atom. The van der Waals surface area contributed by atoms with E-state index < -0.39 is 17.2 Å². The molecule has 8 nitrogen and oxygen atoms in total. The van der Waals surface area contributed by atoms with E-state index in [0.717, 1.165) is 35.7 Å². The molecule has 0 radical (unpaired) electrons. The van der Waals surface area contributed by atoms with Crippen molar-refractivity contribution in [2.45, 2.75) is 18.8 Å². The van der Waals surface area contributed by atoms with Gasteiger partial charge in [-0.2, -0.15) is 5.10 Å². The van der Waals surface area contributed by atoms with Gasteiger partial charge in [0.2, 0.25) is 0 Å². The van der Waals surface area contributed by atoms with Crippen LogP contribution < -0.4 is 11.2 Å². The van der Waals surface area contributed by atoms with Crippen LogP contribution in [0.3, 0.4) is 0 Å². The molecule has 0 aliphatic carbocycles. The number of nitrogens with zero attached hydrogens (tertiary/aromatic N) is 2. The summed E-state index contributed by atoms with van der Waals surface area (Å²) in [4.78, 5) is 41.7. The van der Waals surface area contributed by atoms with Crippen molar-refractivity contribution in [2.24, 2.45) is 0 Å². The van der Waals surface area contributed by atoms with Gasteiger partial charge in [0.1, 0.15) is 11.5 Å². The normalized spacial score (nSPS) is 16.9. The molecule has 4 rings (SSSR count). The van der Waals surface area contributed by atoms with Crippen LogP contribution in [0.1, 0.15) is 34.9 Å². The second-order valence-corrected chi connectivity index (χ2v) is 6.80. The topological polar surface area (TPSA) is 115 Å². The second kappa shape index (κ2) is 7.26. The molecule has 144 valence electrons. The third-order valence-corrected chi connectivity index (χ3v) is 4.93. The maximum atomic E-state index is 13.2. The molecule has 1 unspecified atom stereocenters. The zero-order chi connectivity index (χ0) is 19.7. The van der Waals surface area contributed by atoms with Gasteiger partial charge in [0, 0.05) is 36.3 Å². The third kappa shape index (κ3) is 3.51. The van der Waals surface area contributed by atoms with Crippen molar-refractivity contribution in [3.05, 3.63) is 74.6 Å². The van der Waals surface area contributed by atoms with Crippen LogP contribution in [0, 0.1) is 5.82 Å². The number of likely N-dealkylation sites (tertiary alicyclic amines) is 1. The number of nitrogens with one attached hydrogen (secondary N) is 3. The number of halogens is 1. The molecular weight excluding hydrogens is 365 g/mol. The molecule has 1 aliphatic rings. The lowest BCUT2D eigenvalue weighted by atomic mass is 9.90. The van der Waals surface area contributed by atoms with Crippen LogP contribution in [0.2, 0.25) is 0 Å². The number of hydrogen-bond donors (Lipinski definition) is 3. The van der Waals surface area contributed by atoms with E-state index in [1.54, 1.807) is 23.2 Å². The molecule has 9 heteroatoms. The average Bonchev–Trinajstić information content (AvgIpc) is 3.17. The van der Waals surface area contributed by atoms with Gasteiger partial charge >= 0.3 is 5.69 Å². The van der Waals surface area contributed by atoms with E-state index in [1.165, 1.54) is 12.1 Å². The fourth-order valence-corrected chi connectivity index (χ4v) is 3.62. The van der Waals surface area contributed by atoms with E-state index in [9.17, 15) is 18.8 Å². The van der Waals surface area contributed by atoms with Crippen molar-refractivity contribution >= 4 is 5.91 Å². The Hall–Kier alpha value is -3.49. The standard InChI is InChI=1S/C19H18FN5O3/c20-13-5-3-11(4-6-13)14-9-21-24-17(14)12-2-1-7-25(10-12)18(27)15-8-16(26)23-19(28)22-15/h3-6,8-9,12H,1-2,7,10H2,(H,21,24)(H2,22,23,26,28). The van der Waals surface area contributed by atoms with Crippen LogP contribution in [-0.2, 0) is 0 Å². The van der Waals surface area contributed by atoms with E-state index in [4.69, 9.17) is 0 Å². The summed E-state index contributed by atoms with van der Waals surface area (Å²) < 4.78 is 13.2. The lowest BCUT2D eigenvalue weighted by molar-refractivity contribution is 0.0699. The van der Waals surface area contributed by atoms with Gasteiger partial charge in [-0.25, -0.2) is 9.18 Å². The van der Waals surface area contributed by atoms with Crippen molar-refractivity contribution in [1.29, 1.82) is 0 Å². The van der Waals surface area contributed by atoms with Gasteiger partial charge in [0.15, 0.2) is 0 Å². The van der Waals surface area contributed by atoms with Crippen molar-refractivity contribution in [1.82, 2.24) is 25.1 Å². The Morgan fingerprint density at radius 1 is 1.18 bits per heavy atom. The molecule has 1 saturated heterocycles.